The molecule has 0 unspecified atom stereocenters. The monoisotopic (exact) mass is 427 g/mol. The van der Waals surface area contributed by atoms with E-state index in [2.05, 4.69) is 20.8 Å². The van der Waals surface area contributed by atoms with E-state index in [1.54, 1.807) is 61.2 Å². The molecule has 1 heterocycles. The summed E-state index contributed by atoms with van der Waals surface area (Å²) < 4.78 is 16.0. The molecule has 3 rings (SSSR count). The van der Waals surface area contributed by atoms with E-state index in [9.17, 15) is 4.79 Å². The highest BCUT2D eigenvalue weighted by atomic mass is 32.1. The van der Waals surface area contributed by atoms with Crippen LogP contribution in [0.1, 0.15) is 5.56 Å². The Bertz CT molecular complexity index is 1020. The van der Waals surface area contributed by atoms with Gasteiger partial charge in [0, 0.05) is 11.1 Å². The first-order chi connectivity index (χ1) is 14.6. The molecule has 0 aliphatic carbocycles. The molecule has 2 aromatic carbocycles. The average Bonchev–Trinajstić information content (AvgIpc) is 3.18. The summed E-state index contributed by atoms with van der Waals surface area (Å²) in [5.41, 5.74) is 9.79. The number of rotatable bonds is 9. The molecule has 4 N–H and O–H groups in total. The Hall–Kier alpha value is -3.79. The van der Waals surface area contributed by atoms with E-state index in [1.165, 1.54) is 18.4 Å². The molecule has 9 nitrogen and oxygen atoms in total. The van der Waals surface area contributed by atoms with Gasteiger partial charge in [-0.25, -0.2) is 4.98 Å². The number of nitrogen functional groups attached to an aromatic ring is 1. The normalized spacial score (nSPS) is 10.6. The van der Waals surface area contributed by atoms with Crippen molar-refractivity contribution in [3.8, 4) is 17.2 Å². The minimum Gasteiger partial charge on any atom is -0.497 e. The van der Waals surface area contributed by atoms with Crippen LogP contribution in [-0.4, -0.2) is 37.9 Å². The summed E-state index contributed by atoms with van der Waals surface area (Å²) in [6.07, 6.45) is 1.61. The molecule has 0 spiro atoms. The number of nitrogens with one attached hydrogen (secondary N) is 2. The van der Waals surface area contributed by atoms with Gasteiger partial charge in [-0.1, -0.05) is 0 Å². The molecular formula is C20H21N5O4S. The van der Waals surface area contributed by atoms with Crippen LogP contribution in [0.3, 0.4) is 0 Å². The van der Waals surface area contributed by atoms with Crippen molar-refractivity contribution < 1.29 is 19.0 Å². The number of nitrogens with zero attached hydrogens (tertiary/aromatic N) is 2. The van der Waals surface area contributed by atoms with Crippen molar-refractivity contribution in [1.29, 1.82) is 0 Å². The van der Waals surface area contributed by atoms with Gasteiger partial charge in [-0.3, -0.25) is 10.2 Å². The molecule has 3 aromatic rings. The molecule has 1 amide bonds. The summed E-state index contributed by atoms with van der Waals surface area (Å²) in [5, 5.41) is 9.18. The summed E-state index contributed by atoms with van der Waals surface area (Å²) in [6.45, 7) is -0.164. The zero-order valence-corrected chi connectivity index (χ0v) is 17.2. The van der Waals surface area contributed by atoms with Crippen LogP contribution in [0, 0.1) is 0 Å². The SMILES string of the molecule is COc1ccc(NC(=O)COc2ccc(C=NNc3nc(N)cs3)cc2OC)cc1. The molecule has 1 aromatic heterocycles. The third-order valence-electron chi connectivity index (χ3n) is 3.82. The van der Waals surface area contributed by atoms with Crippen LogP contribution in [0.5, 0.6) is 17.2 Å². The first-order valence-electron chi connectivity index (χ1n) is 8.82. The lowest BCUT2D eigenvalue weighted by molar-refractivity contribution is -0.118. The summed E-state index contributed by atoms with van der Waals surface area (Å²) in [5.74, 6) is 1.79. The lowest BCUT2D eigenvalue weighted by atomic mass is 10.2. The molecule has 0 saturated heterocycles. The van der Waals surface area contributed by atoms with Gasteiger partial charge in [0.15, 0.2) is 18.1 Å². The molecular weight excluding hydrogens is 406 g/mol. The van der Waals surface area contributed by atoms with Gasteiger partial charge >= 0.3 is 0 Å². The number of thiazole rings is 1. The number of anilines is 3. The summed E-state index contributed by atoms with van der Waals surface area (Å²) >= 11 is 1.36. The fourth-order valence-electron chi connectivity index (χ4n) is 2.40. The fourth-order valence-corrected chi connectivity index (χ4v) is 2.95. The molecule has 0 bridgehead atoms. The van der Waals surface area contributed by atoms with Crippen LogP contribution in [-0.2, 0) is 4.79 Å². The second-order valence-corrected chi connectivity index (χ2v) is 6.78. The fraction of sp³-hybridized carbons (Fsp3) is 0.150. The van der Waals surface area contributed by atoms with Gasteiger partial charge in [0.25, 0.3) is 5.91 Å². The smallest absolute Gasteiger partial charge is 0.262 e. The number of nitrogens with two attached hydrogens (primary N) is 1. The maximum Gasteiger partial charge on any atom is 0.262 e. The zero-order chi connectivity index (χ0) is 21.3. The second kappa shape index (κ2) is 10.1. The number of hydrogen-bond donors (Lipinski definition) is 3. The predicted molar refractivity (Wildman–Crippen MR) is 118 cm³/mol. The van der Waals surface area contributed by atoms with E-state index >= 15 is 0 Å². The standard InChI is InChI=1S/C20H21N5O4S/c1-27-15-6-4-14(5-7-15)23-19(26)11-29-16-8-3-13(9-17(16)28-2)10-22-25-20-24-18(21)12-30-20/h3-10,12H,11,21H2,1-2H3,(H,23,26)(H,24,25). The Balaban J connectivity index is 1.55. The summed E-state index contributed by atoms with van der Waals surface area (Å²) in [6, 6.07) is 12.3. The molecule has 0 aliphatic rings. The minimum absolute atomic E-state index is 0.164. The van der Waals surface area contributed by atoms with Gasteiger partial charge in [-0.15, -0.1) is 11.3 Å². The van der Waals surface area contributed by atoms with Crippen molar-refractivity contribution in [2.24, 2.45) is 5.10 Å². The third kappa shape index (κ3) is 5.85. The van der Waals surface area contributed by atoms with Gasteiger partial charge in [-0.2, -0.15) is 5.10 Å². The first kappa shape index (κ1) is 20.9. The highest BCUT2D eigenvalue weighted by Gasteiger charge is 2.09. The Morgan fingerprint density at radius 1 is 1.17 bits per heavy atom. The highest BCUT2D eigenvalue weighted by Crippen LogP contribution is 2.27. The van der Waals surface area contributed by atoms with Crippen molar-refractivity contribution in [1.82, 2.24) is 4.98 Å². The van der Waals surface area contributed by atoms with E-state index in [1.807, 2.05) is 0 Å². The quantitative estimate of drug-likeness (QED) is 0.354. The van der Waals surface area contributed by atoms with Gasteiger partial charge < -0.3 is 25.3 Å². The van der Waals surface area contributed by atoms with E-state index in [0.29, 0.717) is 33.9 Å². The molecule has 156 valence electrons. The van der Waals surface area contributed by atoms with E-state index in [4.69, 9.17) is 19.9 Å². The van der Waals surface area contributed by atoms with Crippen molar-refractivity contribution in [3.63, 3.8) is 0 Å². The summed E-state index contributed by atoms with van der Waals surface area (Å²) in [7, 11) is 3.11. The van der Waals surface area contributed by atoms with Crippen molar-refractivity contribution in [2.75, 3.05) is 37.3 Å². The van der Waals surface area contributed by atoms with Crippen LogP contribution in [0.15, 0.2) is 52.9 Å². The number of carbonyl (C=O) groups is 1. The Kier molecular flexibility index (Phi) is 7.06. The Morgan fingerprint density at radius 2 is 1.97 bits per heavy atom. The van der Waals surface area contributed by atoms with Crippen LogP contribution >= 0.6 is 11.3 Å². The van der Waals surface area contributed by atoms with Crippen LogP contribution in [0.25, 0.3) is 0 Å². The van der Waals surface area contributed by atoms with Crippen LogP contribution in [0.4, 0.5) is 16.6 Å². The van der Waals surface area contributed by atoms with Crippen molar-refractivity contribution in [2.45, 2.75) is 0 Å². The number of methoxy groups -OCH3 is 2. The predicted octanol–water partition coefficient (Wildman–Crippen LogP) is 3.21. The number of aromatic nitrogens is 1. The molecule has 0 aliphatic heterocycles. The van der Waals surface area contributed by atoms with E-state index in [0.717, 1.165) is 5.56 Å². The topological polar surface area (TPSA) is 120 Å². The number of ether oxygens (including phenoxy) is 3. The zero-order valence-electron chi connectivity index (χ0n) is 16.4. The van der Waals surface area contributed by atoms with Crippen molar-refractivity contribution in [3.05, 3.63) is 53.4 Å². The molecule has 10 heteroatoms. The molecule has 0 atom stereocenters. The lowest BCUT2D eigenvalue weighted by Gasteiger charge is -2.11. The first-order valence-corrected chi connectivity index (χ1v) is 9.70. The van der Waals surface area contributed by atoms with Gasteiger partial charge in [-0.05, 0) is 48.0 Å². The van der Waals surface area contributed by atoms with Crippen molar-refractivity contribution >= 4 is 40.1 Å². The molecule has 0 fully saturated rings. The molecule has 0 radical (unpaired) electrons. The third-order valence-corrected chi connectivity index (χ3v) is 4.58. The highest BCUT2D eigenvalue weighted by molar-refractivity contribution is 7.14. The second-order valence-electron chi connectivity index (χ2n) is 5.92. The van der Waals surface area contributed by atoms with Crippen LogP contribution in [0.2, 0.25) is 0 Å². The number of carbonyl (C=O) groups excluding carboxylic acids is 1. The lowest BCUT2D eigenvalue weighted by Crippen LogP contribution is -2.20. The summed E-state index contributed by atoms with van der Waals surface area (Å²) in [4.78, 5) is 16.2. The number of hydrazone groups is 1. The number of benzene rings is 2. The van der Waals surface area contributed by atoms with Gasteiger partial charge in [0.1, 0.15) is 11.6 Å². The van der Waals surface area contributed by atoms with Gasteiger partial charge in [0.2, 0.25) is 5.13 Å². The van der Waals surface area contributed by atoms with Gasteiger partial charge in [0.05, 0.1) is 20.4 Å². The minimum atomic E-state index is -0.292. The largest absolute Gasteiger partial charge is 0.497 e. The number of amides is 1. The maximum absolute atomic E-state index is 12.1. The Labute approximate surface area is 177 Å². The van der Waals surface area contributed by atoms with Crippen LogP contribution < -0.4 is 30.7 Å². The number of hydrogen-bond acceptors (Lipinski definition) is 9. The van der Waals surface area contributed by atoms with E-state index in [-0.39, 0.29) is 12.5 Å². The molecule has 0 saturated carbocycles. The Morgan fingerprint density at radius 3 is 2.63 bits per heavy atom. The van der Waals surface area contributed by atoms with E-state index < -0.39 is 0 Å². The molecule has 30 heavy (non-hydrogen) atoms. The average molecular weight is 427 g/mol. The maximum atomic E-state index is 12.1.